The van der Waals surface area contributed by atoms with E-state index < -0.39 is 5.60 Å². The highest BCUT2D eigenvalue weighted by atomic mass is 16.5. The molecule has 2 heterocycles. The Labute approximate surface area is 147 Å². The van der Waals surface area contributed by atoms with Crippen molar-refractivity contribution in [2.75, 3.05) is 37.7 Å². The van der Waals surface area contributed by atoms with Crippen LogP contribution in [0, 0.1) is 0 Å². The van der Waals surface area contributed by atoms with Crippen LogP contribution in [0.4, 0.5) is 5.95 Å². The number of nitrogens with one attached hydrogen (secondary N) is 1. The maximum Gasteiger partial charge on any atom is 0.225 e. The van der Waals surface area contributed by atoms with Gasteiger partial charge >= 0.3 is 0 Å². The Hall–Kier alpha value is -2.02. The lowest BCUT2D eigenvalue weighted by atomic mass is 9.96. The molecule has 0 bridgehead atoms. The predicted octanol–water partition coefficient (Wildman–Crippen LogP) is 1.24. The molecule has 1 aromatic carbocycles. The maximum absolute atomic E-state index is 10.9. The smallest absolute Gasteiger partial charge is 0.225 e. The number of hydrogen-bond donors (Lipinski definition) is 2. The Morgan fingerprint density at radius 3 is 2.72 bits per heavy atom. The van der Waals surface area contributed by atoms with Crippen LogP contribution in [-0.2, 0) is 23.3 Å². The summed E-state index contributed by atoms with van der Waals surface area (Å²) in [6, 6.07) is 8.16. The molecule has 1 aliphatic carbocycles. The standard InChI is InChI=1S/C19H24N4O2/c24-19(6-5-16-3-1-2-4-17(16)19)14-20-11-15-12-21-18(22-13-15)23-7-9-25-10-8-23/h1-4,12-13,20,24H,5-11,14H2. The van der Waals surface area contributed by atoms with Gasteiger partial charge in [0.25, 0.3) is 0 Å². The highest BCUT2D eigenvalue weighted by Gasteiger charge is 2.35. The molecule has 6 heteroatoms. The first-order valence-corrected chi connectivity index (χ1v) is 8.90. The summed E-state index contributed by atoms with van der Waals surface area (Å²) in [5, 5.41) is 14.3. The van der Waals surface area contributed by atoms with Crippen LogP contribution in [0.3, 0.4) is 0 Å². The van der Waals surface area contributed by atoms with Gasteiger partial charge in [0.1, 0.15) is 5.60 Å². The molecule has 0 spiro atoms. The lowest BCUT2D eigenvalue weighted by Crippen LogP contribution is -2.37. The van der Waals surface area contributed by atoms with E-state index in [-0.39, 0.29) is 0 Å². The van der Waals surface area contributed by atoms with E-state index in [1.165, 1.54) is 5.56 Å². The monoisotopic (exact) mass is 340 g/mol. The summed E-state index contributed by atoms with van der Waals surface area (Å²) in [5.41, 5.74) is 2.56. The van der Waals surface area contributed by atoms with E-state index >= 15 is 0 Å². The van der Waals surface area contributed by atoms with E-state index in [0.717, 1.165) is 56.2 Å². The van der Waals surface area contributed by atoms with Crippen LogP contribution in [-0.4, -0.2) is 47.9 Å². The van der Waals surface area contributed by atoms with Crippen molar-refractivity contribution < 1.29 is 9.84 Å². The molecular formula is C19H24N4O2. The largest absolute Gasteiger partial charge is 0.384 e. The van der Waals surface area contributed by atoms with E-state index in [4.69, 9.17) is 4.74 Å². The Kier molecular flexibility index (Phi) is 4.65. The van der Waals surface area contributed by atoms with E-state index in [9.17, 15) is 5.11 Å². The highest BCUT2D eigenvalue weighted by Crippen LogP contribution is 2.36. The van der Waals surface area contributed by atoms with E-state index in [1.807, 2.05) is 30.6 Å². The van der Waals surface area contributed by atoms with Crippen molar-refractivity contribution in [2.45, 2.75) is 25.0 Å². The van der Waals surface area contributed by atoms with Gasteiger partial charge in [0.05, 0.1) is 13.2 Å². The molecule has 132 valence electrons. The van der Waals surface area contributed by atoms with E-state index in [0.29, 0.717) is 13.1 Å². The number of fused-ring (bicyclic) bond motifs is 1. The number of anilines is 1. The van der Waals surface area contributed by atoms with Gasteiger partial charge in [-0.25, -0.2) is 9.97 Å². The summed E-state index contributed by atoms with van der Waals surface area (Å²) in [7, 11) is 0. The van der Waals surface area contributed by atoms with Gasteiger partial charge in [0.15, 0.2) is 0 Å². The summed E-state index contributed by atoms with van der Waals surface area (Å²) < 4.78 is 5.35. The molecule has 1 unspecified atom stereocenters. The van der Waals surface area contributed by atoms with Gasteiger partial charge in [-0.3, -0.25) is 0 Å². The zero-order valence-corrected chi connectivity index (χ0v) is 14.3. The van der Waals surface area contributed by atoms with Crippen molar-refractivity contribution in [2.24, 2.45) is 0 Å². The number of nitrogens with zero attached hydrogens (tertiary/aromatic N) is 3. The van der Waals surface area contributed by atoms with Gasteiger partial charge in [-0.05, 0) is 24.0 Å². The third-order valence-corrected chi connectivity index (χ3v) is 5.06. The Bertz CT molecular complexity index is 716. The van der Waals surface area contributed by atoms with Crippen molar-refractivity contribution in [1.82, 2.24) is 15.3 Å². The van der Waals surface area contributed by atoms with Crippen LogP contribution >= 0.6 is 0 Å². The van der Waals surface area contributed by atoms with Gasteiger partial charge in [-0.1, -0.05) is 24.3 Å². The zero-order chi connectivity index (χ0) is 17.1. The second kappa shape index (κ2) is 7.07. The Morgan fingerprint density at radius 1 is 1.16 bits per heavy atom. The van der Waals surface area contributed by atoms with Gasteiger partial charge in [0.2, 0.25) is 5.95 Å². The summed E-state index contributed by atoms with van der Waals surface area (Å²) in [6.45, 7) is 4.32. The molecule has 1 saturated heterocycles. The number of benzene rings is 1. The van der Waals surface area contributed by atoms with Crippen molar-refractivity contribution in [3.63, 3.8) is 0 Å². The molecule has 2 N–H and O–H groups in total. The number of ether oxygens (including phenoxy) is 1. The first kappa shape index (κ1) is 16.4. The van der Waals surface area contributed by atoms with Crippen LogP contribution in [0.5, 0.6) is 0 Å². The molecule has 25 heavy (non-hydrogen) atoms. The van der Waals surface area contributed by atoms with Gasteiger partial charge in [0, 0.05) is 44.1 Å². The number of hydrogen-bond acceptors (Lipinski definition) is 6. The summed E-state index contributed by atoms with van der Waals surface area (Å²) in [5.74, 6) is 0.760. The van der Waals surface area contributed by atoms with Gasteiger partial charge in [-0.15, -0.1) is 0 Å². The molecule has 0 amide bonds. The fourth-order valence-corrected chi connectivity index (χ4v) is 3.63. The topological polar surface area (TPSA) is 70.5 Å². The fraction of sp³-hybridized carbons (Fsp3) is 0.474. The number of aliphatic hydroxyl groups is 1. The van der Waals surface area contributed by atoms with Crippen LogP contribution in [0.1, 0.15) is 23.1 Å². The summed E-state index contributed by atoms with van der Waals surface area (Å²) in [4.78, 5) is 11.1. The minimum atomic E-state index is -0.773. The number of aromatic nitrogens is 2. The molecule has 1 atom stereocenters. The van der Waals surface area contributed by atoms with Gasteiger partial charge < -0.3 is 20.1 Å². The molecule has 0 saturated carbocycles. The Morgan fingerprint density at radius 2 is 1.92 bits per heavy atom. The minimum Gasteiger partial charge on any atom is -0.384 e. The first-order chi connectivity index (χ1) is 12.2. The normalized spacial score (nSPS) is 22.8. The molecule has 6 nitrogen and oxygen atoms in total. The molecule has 1 aliphatic heterocycles. The predicted molar refractivity (Wildman–Crippen MR) is 95.4 cm³/mol. The number of rotatable bonds is 5. The lowest BCUT2D eigenvalue weighted by molar-refractivity contribution is 0.0384. The van der Waals surface area contributed by atoms with Crippen molar-refractivity contribution in [1.29, 1.82) is 0 Å². The van der Waals surface area contributed by atoms with Crippen LogP contribution in [0.15, 0.2) is 36.7 Å². The molecule has 2 aromatic rings. The molecule has 0 radical (unpaired) electrons. The quantitative estimate of drug-likeness (QED) is 0.853. The highest BCUT2D eigenvalue weighted by molar-refractivity contribution is 5.37. The van der Waals surface area contributed by atoms with Crippen LogP contribution < -0.4 is 10.2 Å². The van der Waals surface area contributed by atoms with Gasteiger partial charge in [-0.2, -0.15) is 0 Å². The van der Waals surface area contributed by atoms with Crippen LogP contribution in [0.2, 0.25) is 0 Å². The molecule has 4 rings (SSSR count). The van der Waals surface area contributed by atoms with Crippen molar-refractivity contribution >= 4 is 5.95 Å². The SMILES string of the molecule is OC1(CNCc2cnc(N3CCOCC3)nc2)CCc2ccccc21. The third kappa shape index (κ3) is 3.51. The number of aryl methyl sites for hydroxylation is 1. The molecule has 1 fully saturated rings. The average Bonchev–Trinajstić information content (AvgIpc) is 3.01. The minimum absolute atomic E-state index is 0.537. The van der Waals surface area contributed by atoms with E-state index in [1.54, 1.807) is 0 Å². The fourth-order valence-electron chi connectivity index (χ4n) is 3.63. The molecule has 2 aliphatic rings. The third-order valence-electron chi connectivity index (χ3n) is 5.06. The van der Waals surface area contributed by atoms with Crippen molar-refractivity contribution in [3.05, 3.63) is 53.3 Å². The van der Waals surface area contributed by atoms with Crippen molar-refractivity contribution in [3.8, 4) is 0 Å². The lowest BCUT2D eigenvalue weighted by Gasteiger charge is -2.26. The second-order valence-corrected chi connectivity index (χ2v) is 6.78. The van der Waals surface area contributed by atoms with Crippen LogP contribution in [0.25, 0.3) is 0 Å². The molecular weight excluding hydrogens is 316 g/mol. The maximum atomic E-state index is 10.9. The Balaban J connectivity index is 1.33. The first-order valence-electron chi connectivity index (χ1n) is 8.90. The average molecular weight is 340 g/mol. The molecule has 1 aromatic heterocycles. The number of morpholine rings is 1. The van der Waals surface area contributed by atoms with E-state index in [2.05, 4.69) is 26.3 Å². The summed E-state index contributed by atoms with van der Waals surface area (Å²) >= 11 is 0. The zero-order valence-electron chi connectivity index (χ0n) is 14.3. The second-order valence-electron chi connectivity index (χ2n) is 6.78. The summed E-state index contributed by atoms with van der Waals surface area (Å²) in [6.07, 6.45) is 5.42.